The van der Waals surface area contributed by atoms with E-state index in [1.165, 1.54) is 11.3 Å². The van der Waals surface area contributed by atoms with Crippen LogP contribution in [-0.2, 0) is 5.41 Å². The number of carbonyl (C=O) groups is 1. The number of ether oxygens (including phenoxy) is 1. The van der Waals surface area contributed by atoms with Gasteiger partial charge >= 0.3 is 5.97 Å². The summed E-state index contributed by atoms with van der Waals surface area (Å²) in [5, 5.41) is 9.18. The lowest BCUT2D eigenvalue weighted by atomic mass is 9.95. The molecule has 18 heavy (non-hydrogen) atoms. The molecule has 1 aromatic heterocycles. The molecule has 0 amide bonds. The van der Waals surface area contributed by atoms with Crippen molar-refractivity contribution in [3.63, 3.8) is 0 Å². The van der Waals surface area contributed by atoms with Crippen LogP contribution >= 0.6 is 11.3 Å². The molecule has 4 heteroatoms. The largest absolute Gasteiger partial charge is 0.492 e. The third-order valence-corrected chi connectivity index (χ3v) is 4.11. The first-order valence-corrected chi connectivity index (χ1v) is 7.04. The SMILES string of the molecule is CC(C)CCOc1cc(C(C)(C)C)sc1C(=O)O. The molecular formula is C14H22O3S. The molecule has 1 N–H and O–H groups in total. The number of carboxylic acid groups (broad SMARTS) is 1. The molecule has 1 aromatic rings. The van der Waals surface area contributed by atoms with Gasteiger partial charge in [-0.15, -0.1) is 11.3 Å². The fourth-order valence-corrected chi connectivity index (χ4v) is 2.40. The maximum Gasteiger partial charge on any atom is 0.349 e. The highest BCUT2D eigenvalue weighted by atomic mass is 32.1. The van der Waals surface area contributed by atoms with Crippen LogP contribution < -0.4 is 4.74 Å². The van der Waals surface area contributed by atoms with Gasteiger partial charge in [-0.3, -0.25) is 0 Å². The molecule has 0 aromatic carbocycles. The van der Waals surface area contributed by atoms with Gasteiger partial charge in [0.2, 0.25) is 0 Å². The number of aromatic carboxylic acids is 1. The molecule has 0 saturated heterocycles. The second-order valence-corrected chi connectivity index (χ2v) is 6.94. The number of rotatable bonds is 5. The van der Waals surface area contributed by atoms with Gasteiger partial charge in [0, 0.05) is 4.88 Å². The highest BCUT2D eigenvalue weighted by Crippen LogP contribution is 2.36. The third-order valence-electron chi connectivity index (χ3n) is 2.58. The molecule has 0 unspecified atom stereocenters. The Balaban J connectivity index is 2.88. The van der Waals surface area contributed by atoms with Crippen LogP contribution in [0.2, 0.25) is 0 Å². The van der Waals surface area contributed by atoms with Crippen molar-refractivity contribution >= 4 is 17.3 Å². The standard InChI is InChI=1S/C14H22O3S/c1-9(2)6-7-17-10-8-11(14(3,4)5)18-12(10)13(15)16/h8-9H,6-7H2,1-5H3,(H,15,16). The molecule has 1 rings (SSSR count). The normalized spacial score (nSPS) is 11.9. The highest BCUT2D eigenvalue weighted by Gasteiger charge is 2.23. The minimum atomic E-state index is -0.907. The van der Waals surface area contributed by atoms with Gasteiger partial charge in [-0.05, 0) is 23.8 Å². The Hall–Kier alpha value is -1.03. The van der Waals surface area contributed by atoms with Crippen LogP contribution in [0.1, 0.15) is 55.6 Å². The van der Waals surface area contributed by atoms with Crippen molar-refractivity contribution in [3.05, 3.63) is 15.8 Å². The van der Waals surface area contributed by atoms with E-state index in [1.54, 1.807) is 0 Å². The van der Waals surface area contributed by atoms with Gasteiger partial charge in [-0.2, -0.15) is 0 Å². The first-order valence-electron chi connectivity index (χ1n) is 6.22. The van der Waals surface area contributed by atoms with Crippen LogP contribution in [0.25, 0.3) is 0 Å². The van der Waals surface area contributed by atoms with E-state index in [4.69, 9.17) is 4.74 Å². The van der Waals surface area contributed by atoms with Crippen molar-refractivity contribution in [1.82, 2.24) is 0 Å². The van der Waals surface area contributed by atoms with Gasteiger partial charge in [-0.1, -0.05) is 34.6 Å². The second-order valence-electron chi connectivity index (χ2n) is 5.89. The van der Waals surface area contributed by atoms with Crippen LogP contribution in [0, 0.1) is 5.92 Å². The average Bonchev–Trinajstić information content (AvgIpc) is 2.60. The van der Waals surface area contributed by atoms with Gasteiger partial charge in [-0.25, -0.2) is 4.79 Å². The molecule has 0 aliphatic carbocycles. The van der Waals surface area contributed by atoms with E-state index in [-0.39, 0.29) is 5.41 Å². The molecule has 0 spiro atoms. The van der Waals surface area contributed by atoms with E-state index in [1.807, 2.05) is 6.07 Å². The summed E-state index contributed by atoms with van der Waals surface area (Å²) in [6, 6.07) is 1.87. The summed E-state index contributed by atoms with van der Waals surface area (Å²) < 4.78 is 5.61. The van der Waals surface area contributed by atoms with E-state index >= 15 is 0 Å². The molecule has 0 radical (unpaired) electrons. The smallest absolute Gasteiger partial charge is 0.349 e. The van der Waals surface area contributed by atoms with Gasteiger partial charge in [0.25, 0.3) is 0 Å². The molecule has 0 fully saturated rings. The fraction of sp³-hybridized carbons (Fsp3) is 0.643. The Labute approximate surface area is 113 Å². The number of carboxylic acids is 1. The van der Waals surface area contributed by atoms with E-state index < -0.39 is 5.97 Å². The van der Waals surface area contributed by atoms with E-state index in [0.29, 0.717) is 23.2 Å². The van der Waals surface area contributed by atoms with Crippen LogP contribution in [0.4, 0.5) is 0 Å². The summed E-state index contributed by atoms with van der Waals surface area (Å²) in [4.78, 5) is 12.5. The van der Waals surface area contributed by atoms with Gasteiger partial charge in [0.05, 0.1) is 6.61 Å². The average molecular weight is 270 g/mol. The zero-order valence-corrected chi connectivity index (χ0v) is 12.6. The van der Waals surface area contributed by atoms with Crippen molar-refractivity contribution in [2.45, 2.75) is 46.5 Å². The maximum absolute atomic E-state index is 11.2. The molecule has 1 heterocycles. The highest BCUT2D eigenvalue weighted by molar-refractivity contribution is 7.14. The predicted molar refractivity (Wildman–Crippen MR) is 74.9 cm³/mol. The quantitative estimate of drug-likeness (QED) is 0.873. The first kappa shape index (κ1) is 15.0. The Morgan fingerprint density at radius 1 is 1.44 bits per heavy atom. The summed E-state index contributed by atoms with van der Waals surface area (Å²) in [5.74, 6) is 0.159. The summed E-state index contributed by atoms with van der Waals surface area (Å²) >= 11 is 1.31. The number of thiophene rings is 1. The number of hydrogen-bond acceptors (Lipinski definition) is 3. The summed E-state index contributed by atoms with van der Waals surface area (Å²) in [5.41, 5.74) is -0.0471. The zero-order valence-electron chi connectivity index (χ0n) is 11.7. The van der Waals surface area contributed by atoms with Crippen molar-refractivity contribution in [1.29, 1.82) is 0 Å². The lowest BCUT2D eigenvalue weighted by Gasteiger charge is -2.15. The second kappa shape index (κ2) is 5.74. The lowest BCUT2D eigenvalue weighted by molar-refractivity contribution is 0.0698. The van der Waals surface area contributed by atoms with Gasteiger partial charge in [0.15, 0.2) is 4.88 Å². The minimum absolute atomic E-state index is 0.0471. The van der Waals surface area contributed by atoms with E-state index in [2.05, 4.69) is 34.6 Å². The van der Waals surface area contributed by atoms with E-state index in [0.717, 1.165) is 11.3 Å². The summed E-state index contributed by atoms with van der Waals surface area (Å²) in [6.45, 7) is 11.0. The molecule has 102 valence electrons. The Bertz CT molecular complexity index is 413. The van der Waals surface area contributed by atoms with Gasteiger partial charge < -0.3 is 9.84 Å². The Kier molecular flexibility index (Phi) is 4.79. The van der Waals surface area contributed by atoms with Crippen LogP contribution in [-0.4, -0.2) is 17.7 Å². The molecule has 0 saturated carbocycles. The van der Waals surface area contributed by atoms with Crippen molar-refractivity contribution in [2.24, 2.45) is 5.92 Å². The van der Waals surface area contributed by atoms with Gasteiger partial charge in [0.1, 0.15) is 5.75 Å². The Morgan fingerprint density at radius 3 is 2.50 bits per heavy atom. The maximum atomic E-state index is 11.2. The van der Waals surface area contributed by atoms with Crippen LogP contribution in [0.5, 0.6) is 5.75 Å². The number of hydrogen-bond donors (Lipinski definition) is 1. The monoisotopic (exact) mass is 270 g/mol. The lowest BCUT2D eigenvalue weighted by Crippen LogP contribution is -2.08. The summed E-state index contributed by atoms with van der Waals surface area (Å²) in [7, 11) is 0. The molecular weight excluding hydrogens is 248 g/mol. The summed E-state index contributed by atoms with van der Waals surface area (Å²) in [6.07, 6.45) is 0.930. The van der Waals surface area contributed by atoms with Crippen molar-refractivity contribution < 1.29 is 14.6 Å². The molecule has 0 atom stereocenters. The molecule has 3 nitrogen and oxygen atoms in total. The van der Waals surface area contributed by atoms with Crippen LogP contribution in [0.3, 0.4) is 0 Å². The molecule has 0 aliphatic heterocycles. The molecule has 0 aliphatic rings. The van der Waals surface area contributed by atoms with Crippen molar-refractivity contribution in [2.75, 3.05) is 6.61 Å². The topological polar surface area (TPSA) is 46.5 Å². The molecule has 0 bridgehead atoms. The van der Waals surface area contributed by atoms with Crippen molar-refractivity contribution in [3.8, 4) is 5.75 Å². The first-order chi connectivity index (χ1) is 8.21. The third kappa shape index (κ3) is 4.02. The minimum Gasteiger partial charge on any atom is -0.492 e. The zero-order chi connectivity index (χ0) is 13.9. The van der Waals surface area contributed by atoms with E-state index in [9.17, 15) is 9.90 Å². The Morgan fingerprint density at radius 2 is 2.06 bits per heavy atom. The fourth-order valence-electron chi connectivity index (χ4n) is 1.40. The van der Waals surface area contributed by atoms with Crippen LogP contribution in [0.15, 0.2) is 6.07 Å². The predicted octanol–water partition coefficient (Wildman–Crippen LogP) is 4.17.